The molecular formula is C27H32N2O2. The molecule has 0 spiro atoms. The SMILES string of the molecule is CC[C@H](CCCc1ccc(-c2ccccc2)cc1)C(=O)N[C@H](CO)Cc1cccnc1. The number of hydrogen-bond donors (Lipinski definition) is 2. The molecule has 4 heteroatoms. The monoisotopic (exact) mass is 416 g/mol. The van der Waals surface area contributed by atoms with Crippen molar-refractivity contribution >= 4 is 5.91 Å². The van der Waals surface area contributed by atoms with E-state index < -0.39 is 0 Å². The van der Waals surface area contributed by atoms with Gasteiger partial charge in [0, 0.05) is 18.3 Å². The summed E-state index contributed by atoms with van der Waals surface area (Å²) in [4.78, 5) is 16.8. The van der Waals surface area contributed by atoms with Crippen LogP contribution in [-0.4, -0.2) is 28.6 Å². The van der Waals surface area contributed by atoms with Gasteiger partial charge in [0.05, 0.1) is 12.6 Å². The van der Waals surface area contributed by atoms with Gasteiger partial charge in [-0.1, -0.05) is 67.6 Å². The van der Waals surface area contributed by atoms with Crippen molar-refractivity contribution in [1.82, 2.24) is 10.3 Å². The minimum absolute atomic E-state index is 0.0323. The largest absolute Gasteiger partial charge is 0.394 e. The third-order valence-electron chi connectivity index (χ3n) is 5.71. The molecule has 2 N–H and O–H groups in total. The van der Waals surface area contributed by atoms with Gasteiger partial charge in [0.15, 0.2) is 0 Å². The highest BCUT2D eigenvalue weighted by Crippen LogP contribution is 2.21. The lowest BCUT2D eigenvalue weighted by atomic mass is 9.95. The fourth-order valence-corrected chi connectivity index (χ4v) is 3.85. The zero-order chi connectivity index (χ0) is 21.9. The van der Waals surface area contributed by atoms with E-state index in [1.54, 1.807) is 12.4 Å². The van der Waals surface area contributed by atoms with Gasteiger partial charge in [-0.15, -0.1) is 0 Å². The van der Waals surface area contributed by atoms with E-state index in [9.17, 15) is 9.90 Å². The van der Waals surface area contributed by atoms with E-state index in [-0.39, 0.29) is 24.5 Å². The molecular weight excluding hydrogens is 384 g/mol. The van der Waals surface area contributed by atoms with Crippen LogP contribution in [0.1, 0.15) is 37.3 Å². The number of aromatic nitrogens is 1. The van der Waals surface area contributed by atoms with Crippen molar-refractivity contribution in [2.75, 3.05) is 6.61 Å². The molecule has 1 aromatic heterocycles. The zero-order valence-corrected chi connectivity index (χ0v) is 18.2. The van der Waals surface area contributed by atoms with E-state index in [0.29, 0.717) is 6.42 Å². The smallest absolute Gasteiger partial charge is 0.223 e. The Morgan fingerprint density at radius 3 is 2.35 bits per heavy atom. The quantitative estimate of drug-likeness (QED) is 0.471. The lowest BCUT2D eigenvalue weighted by molar-refractivity contribution is -0.126. The molecule has 0 aliphatic rings. The molecule has 0 unspecified atom stereocenters. The summed E-state index contributed by atoms with van der Waals surface area (Å²) in [6.45, 7) is 1.97. The second-order valence-corrected chi connectivity index (χ2v) is 8.01. The van der Waals surface area contributed by atoms with E-state index in [1.165, 1.54) is 16.7 Å². The number of rotatable bonds is 11. The van der Waals surface area contributed by atoms with Gasteiger partial charge in [-0.3, -0.25) is 9.78 Å². The lowest BCUT2D eigenvalue weighted by Crippen LogP contribution is -2.42. The van der Waals surface area contributed by atoms with Crippen LogP contribution in [0.2, 0.25) is 0 Å². The molecule has 0 radical (unpaired) electrons. The van der Waals surface area contributed by atoms with Gasteiger partial charge in [-0.2, -0.15) is 0 Å². The van der Waals surface area contributed by atoms with Gasteiger partial charge in [0.2, 0.25) is 5.91 Å². The summed E-state index contributed by atoms with van der Waals surface area (Å²) in [7, 11) is 0. The summed E-state index contributed by atoms with van der Waals surface area (Å²) in [5.74, 6) is -0.00333. The predicted molar refractivity (Wildman–Crippen MR) is 126 cm³/mol. The predicted octanol–water partition coefficient (Wildman–Crippen LogP) is 4.82. The number of amides is 1. The summed E-state index contributed by atoms with van der Waals surface area (Å²) < 4.78 is 0. The molecule has 0 bridgehead atoms. The van der Waals surface area contributed by atoms with Crippen LogP contribution >= 0.6 is 0 Å². The molecule has 3 aromatic rings. The minimum Gasteiger partial charge on any atom is -0.394 e. The van der Waals surface area contributed by atoms with Crippen molar-refractivity contribution in [3.05, 3.63) is 90.3 Å². The molecule has 1 amide bonds. The van der Waals surface area contributed by atoms with Gasteiger partial charge in [-0.05, 0) is 60.4 Å². The standard InChI is InChI=1S/C27H32N2O2/c1-2-23(27(31)29-26(20-30)18-22-9-7-17-28-19-22)12-6-8-21-13-15-25(16-14-21)24-10-4-3-5-11-24/h3-5,7,9-11,13-17,19,23,26,30H,2,6,8,12,18,20H2,1H3,(H,29,31)/t23-,26+/m1/s1. The lowest BCUT2D eigenvalue weighted by Gasteiger charge is -2.21. The average Bonchev–Trinajstić information content (AvgIpc) is 2.83. The fourth-order valence-electron chi connectivity index (χ4n) is 3.85. The molecule has 1 heterocycles. The first-order valence-electron chi connectivity index (χ1n) is 11.1. The van der Waals surface area contributed by atoms with Crippen molar-refractivity contribution < 1.29 is 9.90 Å². The highest BCUT2D eigenvalue weighted by molar-refractivity contribution is 5.78. The van der Waals surface area contributed by atoms with Crippen LogP contribution in [0.5, 0.6) is 0 Å². The second kappa shape index (κ2) is 12.0. The molecule has 3 rings (SSSR count). The number of pyridine rings is 1. The Balaban J connectivity index is 1.47. The Kier molecular flexibility index (Phi) is 8.80. The maximum atomic E-state index is 12.7. The summed E-state index contributed by atoms with van der Waals surface area (Å²) in [6.07, 6.45) is 7.63. The van der Waals surface area contributed by atoms with Gasteiger partial charge in [0.25, 0.3) is 0 Å². The molecule has 0 aliphatic carbocycles. The summed E-state index contributed by atoms with van der Waals surface area (Å²) in [5.41, 5.74) is 4.74. The van der Waals surface area contributed by atoms with Crippen LogP contribution in [0, 0.1) is 5.92 Å². The first-order chi connectivity index (χ1) is 15.2. The van der Waals surface area contributed by atoms with Crippen molar-refractivity contribution in [2.24, 2.45) is 5.92 Å². The zero-order valence-electron chi connectivity index (χ0n) is 18.2. The van der Waals surface area contributed by atoms with Crippen LogP contribution in [0.3, 0.4) is 0 Å². The molecule has 31 heavy (non-hydrogen) atoms. The second-order valence-electron chi connectivity index (χ2n) is 8.01. The molecule has 2 atom stereocenters. The van der Waals surface area contributed by atoms with Crippen molar-refractivity contribution in [3.8, 4) is 11.1 Å². The number of nitrogens with one attached hydrogen (secondary N) is 1. The summed E-state index contributed by atoms with van der Waals surface area (Å²) in [5, 5.41) is 12.7. The number of hydrogen-bond acceptors (Lipinski definition) is 3. The van der Waals surface area contributed by atoms with E-state index >= 15 is 0 Å². The van der Waals surface area contributed by atoms with E-state index in [2.05, 4.69) is 58.8 Å². The maximum Gasteiger partial charge on any atom is 0.223 e. The molecule has 2 aromatic carbocycles. The molecule has 0 fully saturated rings. The van der Waals surface area contributed by atoms with E-state index in [4.69, 9.17) is 0 Å². The van der Waals surface area contributed by atoms with Crippen molar-refractivity contribution in [1.29, 1.82) is 0 Å². The van der Waals surface area contributed by atoms with Gasteiger partial charge in [0.1, 0.15) is 0 Å². The topological polar surface area (TPSA) is 62.2 Å². The normalized spacial score (nSPS) is 12.8. The molecule has 0 saturated carbocycles. The number of nitrogens with zero attached hydrogens (tertiary/aromatic N) is 1. The highest BCUT2D eigenvalue weighted by Gasteiger charge is 2.20. The number of carbonyl (C=O) groups is 1. The van der Waals surface area contributed by atoms with Crippen LogP contribution in [0.15, 0.2) is 79.1 Å². The minimum atomic E-state index is -0.281. The van der Waals surface area contributed by atoms with Gasteiger partial charge < -0.3 is 10.4 Å². The Hall–Kier alpha value is -2.98. The Morgan fingerprint density at radius 1 is 0.968 bits per heavy atom. The van der Waals surface area contributed by atoms with Crippen LogP contribution in [0.25, 0.3) is 11.1 Å². The Morgan fingerprint density at radius 2 is 1.71 bits per heavy atom. The van der Waals surface area contributed by atoms with Crippen molar-refractivity contribution in [3.63, 3.8) is 0 Å². The molecule has 162 valence electrons. The number of aliphatic hydroxyl groups excluding tert-OH is 1. The summed E-state index contributed by atoms with van der Waals surface area (Å²) >= 11 is 0. The van der Waals surface area contributed by atoms with E-state index in [1.807, 2.05) is 25.1 Å². The molecule has 4 nitrogen and oxygen atoms in total. The third kappa shape index (κ3) is 7.04. The first-order valence-corrected chi connectivity index (χ1v) is 11.1. The van der Waals surface area contributed by atoms with Gasteiger partial charge in [-0.25, -0.2) is 0 Å². The Bertz CT molecular complexity index is 911. The van der Waals surface area contributed by atoms with E-state index in [0.717, 1.165) is 31.2 Å². The van der Waals surface area contributed by atoms with Crippen LogP contribution in [0.4, 0.5) is 0 Å². The Labute approximate surface area is 185 Å². The maximum absolute atomic E-state index is 12.7. The average molecular weight is 417 g/mol. The summed E-state index contributed by atoms with van der Waals surface area (Å²) in [6, 6.07) is 22.6. The first kappa shape index (κ1) is 22.7. The number of carbonyl (C=O) groups excluding carboxylic acids is 1. The number of aryl methyl sites for hydroxylation is 1. The van der Waals surface area contributed by atoms with Crippen molar-refractivity contribution in [2.45, 2.75) is 45.1 Å². The van der Waals surface area contributed by atoms with Crippen LogP contribution in [-0.2, 0) is 17.6 Å². The number of aliphatic hydroxyl groups is 1. The van der Waals surface area contributed by atoms with Crippen LogP contribution < -0.4 is 5.32 Å². The molecule has 0 saturated heterocycles. The third-order valence-corrected chi connectivity index (χ3v) is 5.71. The number of benzene rings is 2. The molecule has 0 aliphatic heterocycles. The fraction of sp³-hybridized carbons (Fsp3) is 0.333. The van der Waals surface area contributed by atoms with Gasteiger partial charge >= 0.3 is 0 Å². The highest BCUT2D eigenvalue weighted by atomic mass is 16.3.